The van der Waals surface area contributed by atoms with E-state index < -0.39 is 6.04 Å². The third kappa shape index (κ3) is 5.05. The van der Waals surface area contributed by atoms with Gasteiger partial charge in [-0.15, -0.1) is 0 Å². The number of amides is 2. The summed E-state index contributed by atoms with van der Waals surface area (Å²) in [6, 6.07) is 20.6. The van der Waals surface area contributed by atoms with Crippen LogP contribution >= 0.6 is 0 Å². The number of fused-ring (bicyclic) bond motifs is 1. The van der Waals surface area contributed by atoms with Gasteiger partial charge in [-0.2, -0.15) is 0 Å². The predicted octanol–water partition coefficient (Wildman–Crippen LogP) is 3.00. The molecule has 1 aromatic heterocycles. The van der Waals surface area contributed by atoms with Crippen molar-refractivity contribution in [2.75, 3.05) is 26.3 Å². The van der Waals surface area contributed by atoms with Crippen LogP contribution in [-0.4, -0.2) is 54.0 Å². The van der Waals surface area contributed by atoms with E-state index in [9.17, 15) is 9.59 Å². The second-order valence-corrected chi connectivity index (χ2v) is 8.77. The number of morpholine rings is 1. The molecule has 5 rings (SSSR count). The van der Waals surface area contributed by atoms with Crippen LogP contribution in [0.1, 0.15) is 33.0 Å². The normalized spacial score (nSPS) is 16.9. The predicted molar refractivity (Wildman–Crippen MR) is 127 cm³/mol. The van der Waals surface area contributed by atoms with E-state index >= 15 is 0 Å². The molecule has 1 saturated heterocycles. The molecular weight excluding hydrogens is 430 g/mol. The number of nitrogens with zero attached hydrogens (tertiary/aromatic N) is 2. The zero-order chi connectivity index (χ0) is 23.3. The molecule has 0 radical (unpaired) electrons. The van der Waals surface area contributed by atoms with Crippen molar-refractivity contribution in [1.82, 2.24) is 15.1 Å². The zero-order valence-corrected chi connectivity index (χ0v) is 19.1. The molecule has 0 unspecified atom stereocenters. The molecule has 1 fully saturated rings. The summed E-state index contributed by atoms with van der Waals surface area (Å²) in [4.78, 5) is 30.4. The van der Waals surface area contributed by atoms with Crippen LogP contribution in [-0.2, 0) is 35.6 Å². The Morgan fingerprint density at radius 1 is 0.941 bits per heavy atom. The third-order valence-corrected chi connectivity index (χ3v) is 6.44. The van der Waals surface area contributed by atoms with Gasteiger partial charge in [-0.3, -0.25) is 14.5 Å². The summed E-state index contributed by atoms with van der Waals surface area (Å²) in [5.41, 5.74) is 2.64. The van der Waals surface area contributed by atoms with Gasteiger partial charge in [0.05, 0.1) is 26.3 Å². The highest BCUT2D eigenvalue weighted by molar-refractivity contribution is 6.01. The molecule has 3 heterocycles. The standard InChI is InChI=1S/C27H29N3O4/c31-26(28-17-22-10-11-23(34-22)19-29-12-14-33-15-13-29)25(16-20-6-2-1-3-7-20)30-18-21-8-4-5-9-24(21)27(30)32/h1-11,25H,12-19H2,(H,28,31)/t25-/m1/s1. The second kappa shape index (κ2) is 10.2. The van der Waals surface area contributed by atoms with Gasteiger partial charge in [0.1, 0.15) is 17.6 Å². The van der Waals surface area contributed by atoms with Crippen LogP contribution in [0, 0.1) is 0 Å². The molecule has 7 nitrogen and oxygen atoms in total. The minimum atomic E-state index is -0.606. The smallest absolute Gasteiger partial charge is 0.255 e. The maximum absolute atomic E-state index is 13.4. The number of rotatable bonds is 8. The molecular formula is C27H29N3O4. The van der Waals surface area contributed by atoms with Gasteiger partial charge in [-0.1, -0.05) is 48.5 Å². The number of hydrogen-bond acceptors (Lipinski definition) is 5. The van der Waals surface area contributed by atoms with Crippen molar-refractivity contribution < 1.29 is 18.7 Å². The molecule has 2 aliphatic rings. The number of benzene rings is 2. The number of carbonyl (C=O) groups excluding carboxylic acids is 2. The highest BCUT2D eigenvalue weighted by Crippen LogP contribution is 2.26. The van der Waals surface area contributed by atoms with Gasteiger partial charge in [0.2, 0.25) is 5.91 Å². The second-order valence-electron chi connectivity index (χ2n) is 8.77. The summed E-state index contributed by atoms with van der Waals surface area (Å²) in [7, 11) is 0. The molecule has 34 heavy (non-hydrogen) atoms. The van der Waals surface area contributed by atoms with E-state index in [1.807, 2.05) is 66.7 Å². The Hall–Kier alpha value is -3.42. The Morgan fingerprint density at radius 3 is 2.47 bits per heavy atom. The molecule has 7 heteroatoms. The molecule has 3 aromatic rings. The van der Waals surface area contributed by atoms with Crippen molar-refractivity contribution in [2.45, 2.75) is 32.1 Å². The van der Waals surface area contributed by atoms with Gasteiger partial charge in [-0.05, 0) is 29.3 Å². The Kier molecular flexibility index (Phi) is 6.74. The minimum absolute atomic E-state index is 0.0996. The SMILES string of the molecule is O=C(NCc1ccc(CN2CCOCC2)o1)[C@@H](Cc1ccccc1)N1Cc2ccccc2C1=O. The fraction of sp³-hybridized carbons (Fsp3) is 0.333. The fourth-order valence-electron chi connectivity index (χ4n) is 4.58. The minimum Gasteiger partial charge on any atom is -0.463 e. The van der Waals surface area contributed by atoms with Crippen molar-refractivity contribution in [1.29, 1.82) is 0 Å². The third-order valence-electron chi connectivity index (χ3n) is 6.44. The summed E-state index contributed by atoms with van der Waals surface area (Å²) >= 11 is 0. The first-order valence-electron chi connectivity index (χ1n) is 11.8. The maximum atomic E-state index is 13.4. The van der Waals surface area contributed by atoms with Gasteiger partial charge in [-0.25, -0.2) is 0 Å². The summed E-state index contributed by atoms with van der Waals surface area (Å²) in [5, 5.41) is 3.00. The molecule has 176 valence electrons. The first kappa shape index (κ1) is 22.4. The molecule has 2 amide bonds. The number of furan rings is 1. The average molecular weight is 460 g/mol. The van der Waals surface area contributed by atoms with E-state index in [1.165, 1.54) is 0 Å². The van der Waals surface area contributed by atoms with Crippen molar-refractivity contribution in [3.8, 4) is 0 Å². The van der Waals surface area contributed by atoms with Crippen LogP contribution in [0.3, 0.4) is 0 Å². The van der Waals surface area contributed by atoms with Crippen LogP contribution in [0.25, 0.3) is 0 Å². The highest BCUT2D eigenvalue weighted by Gasteiger charge is 2.36. The topological polar surface area (TPSA) is 75.0 Å². The lowest BCUT2D eigenvalue weighted by molar-refractivity contribution is -0.126. The summed E-state index contributed by atoms with van der Waals surface area (Å²) < 4.78 is 11.3. The van der Waals surface area contributed by atoms with Crippen LogP contribution in [0.15, 0.2) is 71.1 Å². The average Bonchev–Trinajstić information content (AvgIpc) is 3.46. The van der Waals surface area contributed by atoms with Gasteiger partial charge in [0.15, 0.2) is 0 Å². The quantitative estimate of drug-likeness (QED) is 0.561. The van der Waals surface area contributed by atoms with E-state index in [4.69, 9.17) is 9.15 Å². The summed E-state index contributed by atoms with van der Waals surface area (Å²) in [6.07, 6.45) is 0.451. The summed E-state index contributed by atoms with van der Waals surface area (Å²) in [5.74, 6) is 1.29. The van der Waals surface area contributed by atoms with Crippen LogP contribution in [0.4, 0.5) is 0 Å². The van der Waals surface area contributed by atoms with Crippen molar-refractivity contribution in [3.63, 3.8) is 0 Å². The first-order chi connectivity index (χ1) is 16.7. The Morgan fingerprint density at radius 2 is 1.68 bits per heavy atom. The van der Waals surface area contributed by atoms with E-state index in [0.717, 1.165) is 49.7 Å². The largest absolute Gasteiger partial charge is 0.463 e. The lowest BCUT2D eigenvalue weighted by Crippen LogP contribution is -2.48. The van der Waals surface area contributed by atoms with E-state index in [0.29, 0.717) is 24.3 Å². The molecule has 1 N–H and O–H groups in total. The molecule has 1 atom stereocenters. The van der Waals surface area contributed by atoms with Crippen LogP contribution in [0.2, 0.25) is 0 Å². The monoisotopic (exact) mass is 459 g/mol. The number of carbonyl (C=O) groups is 2. The van der Waals surface area contributed by atoms with Crippen LogP contribution < -0.4 is 5.32 Å². The molecule has 0 saturated carbocycles. The number of ether oxygens (including phenoxy) is 1. The molecule has 0 aliphatic carbocycles. The van der Waals surface area contributed by atoms with Crippen molar-refractivity contribution >= 4 is 11.8 Å². The number of nitrogens with one attached hydrogen (secondary N) is 1. The lowest BCUT2D eigenvalue weighted by atomic mass is 10.0. The van der Waals surface area contributed by atoms with Crippen molar-refractivity contribution in [2.24, 2.45) is 0 Å². The van der Waals surface area contributed by atoms with Crippen molar-refractivity contribution in [3.05, 3.63) is 94.9 Å². The highest BCUT2D eigenvalue weighted by atomic mass is 16.5. The van der Waals surface area contributed by atoms with Gasteiger partial charge < -0.3 is 19.4 Å². The van der Waals surface area contributed by atoms with Gasteiger partial charge in [0, 0.05) is 31.6 Å². The zero-order valence-electron chi connectivity index (χ0n) is 19.1. The Labute approximate surface area is 199 Å². The van der Waals surface area contributed by atoms with E-state index in [-0.39, 0.29) is 18.4 Å². The maximum Gasteiger partial charge on any atom is 0.255 e. The molecule has 0 bridgehead atoms. The van der Waals surface area contributed by atoms with Gasteiger partial charge in [0.25, 0.3) is 5.91 Å². The fourth-order valence-corrected chi connectivity index (χ4v) is 4.58. The molecule has 0 spiro atoms. The summed E-state index contributed by atoms with van der Waals surface area (Å²) in [6.45, 7) is 4.71. The first-order valence-corrected chi connectivity index (χ1v) is 11.8. The van der Waals surface area contributed by atoms with E-state index in [2.05, 4.69) is 10.2 Å². The van der Waals surface area contributed by atoms with Crippen LogP contribution in [0.5, 0.6) is 0 Å². The Bertz CT molecular complexity index is 1140. The molecule has 2 aromatic carbocycles. The molecule has 2 aliphatic heterocycles. The lowest BCUT2D eigenvalue weighted by Gasteiger charge is -2.27. The van der Waals surface area contributed by atoms with Gasteiger partial charge >= 0.3 is 0 Å². The van der Waals surface area contributed by atoms with E-state index in [1.54, 1.807) is 4.90 Å². The Balaban J connectivity index is 1.26. The number of hydrogen-bond donors (Lipinski definition) is 1.